The quantitative estimate of drug-likeness (QED) is 0.356. The molecule has 0 atom stereocenters. The van der Waals surface area contributed by atoms with E-state index in [1.807, 2.05) is 36.4 Å². The maximum absolute atomic E-state index is 13.0. The third-order valence-electron chi connectivity index (χ3n) is 7.39. The highest BCUT2D eigenvalue weighted by Crippen LogP contribution is 2.48. The monoisotopic (exact) mass is 471 g/mol. The van der Waals surface area contributed by atoms with Crippen LogP contribution in [0.3, 0.4) is 0 Å². The first kappa shape index (κ1) is 22.8. The molecule has 1 aliphatic rings. The molecule has 2 aromatic heterocycles. The van der Waals surface area contributed by atoms with Gasteiger partial charge >= 0.3 is 0 Å². The molecule has 4 aromatic rings. The summed E-state index contributed by atoms with van der Waals surface area (Å²) in [6.07, 6.45) is 8.16. The number of fused-ring (bicyclic) bond motifs is 1. The van der Waals surface area contributed by atoms with E-state index >= 15 is 0 Å². The third kappa shape index (κ3) is 4.43. The number of nitrogens with one attached hydrogen (secondary N) is 3. The fourth-order valence-electron chi connectivity index (χ4n) is 5.23. The van der Waals surface area contributed by atoms with Crippen molar-refractivity contribution in [3.63, 3.8) is 0 Å². The molecule has 0 unspecified atom stereocenters. The number of aryl methyl sites for hydroxylation is 1. The summed E-state index contributed by atoms with van der Waals surface area (Å²) in [5.74, 6) is 0.418. The molecule has 0 saturated heterocycles. The molecule has 8 heteroatoms. The molecule has 1 fully saturated rings. The standard InChI is InChI=1S/C27H29N5O3/c1-3-27(11-10-23-20-6-4-5-7-21(20)26(34)32-31-23)13-19(14-27)30-25(33)22-9-8-17(12-24(22)35-2)18-15-28-29-16-18/h4-9,12,15-16,19H,3,10-11,13-14H2,1-2H3,(H,28,29)(H,30,33)(H,32,34)/t19-,27-. The van der Waals surface area contributed by atoms with Crippen molar-refractivity contribution in [1.29, 1.82) is 0 Å². The van der Waals surface area contributed by atoms with Crippen LogP contribution in [0.15, 0.2) is 59.7 Å². The Hall–Kier alpha value is -3.94. The molecule has 8 nitrogen and oxygen atoms in total. The Bertz CT molecular complexity index is 1400. The Labute approximate surface area is 203 Å². The molecule has 2 heterocycles. The van der Waals surface area contributed by atoms with Gasteiger partial charge in [0.1, 0.15) is 5.75 Å². The van der Waals surface area contributed by atoms with Crippen LogP contribution in [0.2, 0.25) is 0 Å². The van der Waals surface area contributed by atoms with Crippen LogP contribution in [-0.2, 0) is 6.42 Å². The zero-order valence-corrected chi connectivity index (χ0v) is 19.9. The van der Waals surface area contributed by atoms with Crippen LogP contribution in [0.1, 0.15) is 48.7 Å². The van der Waals surface area contributed by atoms with E-state index in [-0.39, 0.29) is 22.9 Å². The van der Waals surface area contributed by atoms with E-state index in [4.69, 9.17) is 4.74 Å². The van der Waals surface area contributed by atoms with Gasteiger partial charge in [-0.1, -0.05) is 37.6 Å². The van der Waals surface area contributed by atoms with E-state index in [0.29, 0.717) is 16.7 Å². The minimum Gasteiger partial charge on any atom is -0.496 e. The maximum Gasteiger partial charge on any atom is 0.272 e. The molecule has 3 N–H and O–H groups in total. The second-order valence-electron chi connectivity index (χ2n) is 9.38. The number of benzene rings is 2. The van der Waals surface area contributed by atoms with Crippen LogP contribution in [0.25, 0.3) is 21.9 Å². The third-order valence-corrected chi connectivity index (χ3v) is 7.39. The van der Waals surface area contributed by atoms with Crippen molar-refractivity contribution in [3.8, 4) is 16.9 Å². The lowest BCUT2D eigenvalue weighted by Gasteiger charge is -2.48. The van der Waals surface area contributed by atoms with E-state index in [0.717, 1.165) is 54.3 Å². The molecule has 1 amide bonds. The van der Waals surface area contributed by atoms with Gasteiger partial charge in [-0.15, -0.1) is 0 Å². The summed E-state index contributed by atoms with van der Waals surface area (Å²) in [5.41, 5.74) is 3.32. The number of carbonyl (C=O) groups excluding carboxylic acids is 1. The van der Waals surface area contributed by atoms with Crippen LogP contribution < -0.4 is 15.6 Å². The molecule has 1 saturated carbocycles. The highest BCUT2D eigenvalue weighted by molar-refractivity contribution is 5.98. The maximum atomic E-state index is 13.0. The minimum absolute atomic E-state index is 0.122. The van der Waals surface area contributed by atoms with Gasteiger partial charge in [-0.25, -0.2) is 5.10 Å². The Morgan fingerprint density at radius 3 is 2.69 bits per heavy atom. The Kier molecular flexibility index (Phi) is 6.11. The van der Waals surface area contributed by atoms with E-state index in [1.165, 1.54) is 0 Å². The SMILES string of the molecule is CC[C@]1(CCc2n[nH]c(=O)c3ccccc23)C[C@H](NC(=O)c2ccc(-c3cn[nH]c3)cc2OC)C1. The van der Waals surface area contributed by atoms with Gasteiger partial charge in [0.2, 0.25) is 0 Å². The minimum atomic E-state index is -0.158. The van der Waals surface area contributed by atoms with E-state index in [1.54, 1.807) is 25.6 Å². The molecule has 0 spiro atoms. The molecule has 180 valence electrons. The molecular formula is C27H29N5O3. The molecule has 5 rings (SSSR count). The van der Waals surface area contributed by atoms with Crippen molar-refractivity contribution in [2.24, 2.45) is 5.41 Å². The zero-order valence-electron chi connectivity index (χ0n) is 19.9. The number of ether oxygens (including phenoxy) is 1. The van der Waals surface area contributed by atoms with Crippen molar-refractivity contribution < 1.29 is 9.53 Å². The number of H-pyrrole nitrogens is 2. The summed E-state index contributed by atoms with van der Waals surface area (Å²) in [7, 11) is 1.57. The molecule has 0 radical (unpaired) electrons. The molecule has 1 aliphatic carbocycles. The number of carbonyl (C=O) groups is 1. The van der Waals surface area contributed by atoms with Gasteiger partial charge in [-0.3, -0.25) is 14.7 Å². The van der Waals surface area contributed by atoms with Crippen molar-refractivity contribution in [2.45, 2.75) is 45.1 Å². The lowest BCUT2D eigenvalue weighted by molar-refractivity contribution is 0.0570. The number of methoxy groups -OCH3 is 1. The fourth-order valence-corrected chi connectivity index (χ4v) is 5.23. The number of aromatic amines is 2. The van der Waals surface area contributed by atoms with Crippen LogP contribution in [0, 0.1) is 5.41 Å². The van der Waals surface area contributed by atoms with E-state index < -0.39 is 0 Å². The Morgan fingerprint density at radius 1 is 1.17 bits per heavy atom. The Morgan fingerprint density at radius 2 is 1.97 bits per heavy atom. The van der Waals surface area contributed by atoms with Crippen LogP contribution in [0.5, 0.6) is 5.75 Å². The highest BCUT2D eigenvalue weighted by atomic mass is 16.5. The van der Waals surface area contributed by atoms with Gasteiger partial charge in [0.25, 0.3) is 11.5 Å². The summed E-state index contributed by atoms with van der Waals surface area (Å²) in [4.78, 5) is 25.1. The Balaban J connectivity index is 1.23. The van der Waals surface area contributed by atoms with Gasteiger partial charge in [0, 0.05) is 23.2 Å². The molecular weight excluding hydrogens is 442 g/mol. The lowest BCUT2D eigenvalue weighted by Crippen LogP contribution is -2.50. The summed E-state index contributed by atoms with van der Waals surface area (Å²) in [5, 5.41) is 18.5. The molecule has 35 heavy (non-hydrogen) atoms. The lowest BCUT2D eigenvalue weighted by atomic mass is 9.61. The summed E-state index contributed by atoms with van der Waals surface area (Å²) in [6.45, 7) is 2.20. The van der Waals surface area contributed by atoms with Crippen LogP contribution in [0.4, 0.5) is 0 Å². The average molecular weight is 472 g/mol. The summed E-state index contributed by atoms with van der Waals surface area (Å²) >= 11 is 0. The van der Waals surface area contributed by atoms with Gasteiger partial charge in [-0.05, 0) is 54.9 Å². The number of nitrogens with zero attached hydrogens (tertiary/aromatic N) is 2. The van der Waals surface area contributed by atoms with Gasteiger partial charge < -0.3 is 10.1 Å². The van der Waals surface area contributed by atoms with Gasteiger partial charge in [0.15, 0.2) is 0 Å². The number of aromatic nitrogens is 4. The molecule has 0 bridgehead atoms. The predicted molar refractivity (Wildman–Crippen MR) is 134 cm³/mol. The molecule has 2 aromatic carbocycles. The summed E-state index contributed by atoms with van der Waals surface area (Å²) < 4.78 is 5.51. The van der Waals surface area contributed by atoms with Crippen molar-refractivity contribution in [3.05, 3.63) is 76.5 Å². The zero-order chi connectivity index (χ0) is 24.4. The molecule has 0 aliphatic heterocycles. The van der Waals surface area contributed by atoms with Gasteiger partial charge in [0.05, 0.1) is 30.0 Å². The normalized spacial score (nSPS) is 19.3. The highest BCUT2D eigenvalue weighted by Gasteiger charge is 2.43. The van der Waals surface area contributed by atoms with Crippen LogP contribution in [-0.4, -0.2) is 39.5 Å². The van der Waals surface area contributed by atoms with Crippen molar-refractivity contribution in [2.75, 3.05) is 7.11 Å². The first-order valence-electron chi connectivity index (χ1n) is 12.0. The number of rotatable bonds is 8. The predicted octanol–water partition coefficient (Wildman–Crippen LogP) is 4.24. The first-order valence-corrected chi connectivity index (χ1v) is 12.0. The van der Waals surface area contributed by atoms with Crippen molar-refractivity contribution >= 4 is 16.7 Å². The number of hydrogen-bond acceptors (Lipinski definition) is 5. The number of hydrogen-bond donors (Lipinski definition) is 3. The smallest absolute Gasteiger partial charge is 0.272 e. The second-order valence-corrected chi connectivity index (χ2v) is 9.38. The van der Waals surface area contributed by atoms with Crippen LogP contribution >= 0.6 is 0 Å². The summed E-state index contributed by atoms with van der Waals surface area (Å²) in [6, 6.07) is 13.3. The topological polar surface area (TPSA) is 113 Å². The van der Waals surface area contributed by atoms with Crippen molar-refractivity contribution in [1.82, 2.24) is 25.7 Å². The number of amides is 1. The van der Waals surface area contributed by atoms with Gasteiger partial charge in [-0.2, -0.15) is 10.2 Å². The van der Waals surface area contributed by atoms with E-state index in [9.17, 15) is 9.59 Å². The largest absolute Gasteiger partial charge is 0.496 e. The average Bonchev–Trinajstić information content (AvgIpc) is 3.41. The fraction of sp³-hybridized carbons (Fsp3) is 0.333. The van der Waals surface area contributed by atoms with E-state index in [2.05, 4.69) is 32.6 Å². The second kappa shape index (κ2) is 9.37. The first-order chi connectivity index (χ1) is 17.0.